The Morgan fingerprint density at radius 3 is 2.68 bits per heavy atom. The van der Waals surface area contributed by atoms with Gasteiger partial charge in [-0.05, 0) is 47.9 Å². The number of fused-ring (bicyclic) bond motifs is 1. The van der Waals surface area contributed by atoms with Crippen molar-refractivity contribution in [3.8, 4) is 11.5 Å². The molecular weight excluding hydrogens is 418 g/mol. The van der Waals surface area contributed by atoms with Crippen LogP contribution in [0.5, 0.6) is 0 Å². The molecule has 3 aromatic carbocycles. The van der Waals surface area contributed by atoms with E-state index in [0.717, 1.165) is 11.1 Å². The van der Waals surface area contributed by atoms with Gasteiger partial charge in [-0.1, -0.05) is 37.6 Å². The van der Waals surface area contributed by atoms with E-state index in [2.05, 4.69) is 24.1 Å². The molecule has 156 valence electrons. The zero-order valence-electron chi connectivity index (χ0n) is 16.8. The summed E-state index contributed by atoms with van der Waals surface area (Å²) in [5.74, 6) is 0.226. The van der Waals surface area contributed by atoms with E-state index in [1.54, 1.807) is 18.2 Å². The number of halogens is 1. The van der Waals surface area contributed by atoms with Crippen molar-refractivity contribution in [3.63, 3.8) is 0 Å². The Kier molecular flexibility index (Phi) is 5.44. The molecule has 0 aliphatic carbocycles. The molecule has 4 rings (SSSR count). The van der Waals surface area contributed by atoms with Crippen LogP contribution in [0.4, 0.5) is 11.4 Å². The van der Waals surface area contributed by atoms with Crippen LogP contribution in [0.25, 0.3) is 22.6 Å². The molecule has 0 bridgehead atoms. The van der Waals surface area contributed by atoms with Crippen molar-refractivity contribution in [3.05, 3.63) is 86.9 Å². The van der Waals surface area contributed by atoms with Gasteiger partial charge in [0.25, 0.3) is 11.6 Å². The number of nitrogens with zero attached hydrogens (tertiary/aromatic N) is 2. The standard InChI is InChI=1S/C23H18ClN3O4/c1-13(2)14-6-9-21-20(11-14)26-23(31-21)18-12-16(7-8-19(18)24)25-22(28)15-4-3-5-17(10-15)27(29)30/h3-13H,1-2H3,(H,25,28). The number of non-ortho nitro benzene ring substituents is 1. The Morgan fingerprint density at radius 1 is 1.13 bits per heavy atom. The van der Waals surface area contributed by atoms with E-state index in [1.807, 2.05) is 18.2 Å². The van der Waals surface area contributed by atoms with Crippen molar-refractivity contribution in [1.29, 1.82) is 0 Å². The van der Waals surface area contributed by atoms with Gasteiger partial charge in [-0.25, -0.2) is 4.98 Å². The first-order valence-electron chi connectivity index (χ1n) is 9.58. The third-order valence-electron chi connectivity index (χ3n) is 4.85. The topological polar surface area (TPSA) is 98.3 Å². The summed E-state index contributed by atoms with van der Waals surface area (Å²) in [7, 11) is 0. The SMILES string of the molecule is CC(C)c1ccc2oc(-c3cc(NC(=O)c4cccc([N+](=O)[O-])c4)ccc3Cl)nc2c1. The van der Waals surface area contributed by atoms with Crippen LogP contribution in [-0.2, 0) is 0 Å². The first kappa shape index (κ1) is 20.6. The monoisotopic (exact) mass is 435 g/mol. The lowest BCUT2D eigenvalue weighted by atomic mass is 10.0. The minimum Gasteiger partial charge on any atom is -0.436 e. The fourth-order valence-corrected chi connectivity index (χ4v) is 3.35. The maximum Gasteiger partial charge on any atom is 0.270 e. The number of amides is 1. The van der Waals surface area contributed by atoms with E-state index in [-0.39, 0.29) is 11.3 Å². The molecule has 1 N–H and O–H groups in total. The fraction of sp³-hybridized carbons (Fsp3) is 0.130. The largest absolute Gasteiger partial charge is 0.436 e. The number of benzene rings is 3. The Bertz CT molecular complexity index is 1310. The number of hydrogen-bond donors (Lipinski definition) is 1. The number of nitro benzene ring substituents is 1. The minimum atomic E-state index is -0.547. The third-order valence-corrected chi connectivity index (χ3v) is 5.18. The number of oxazole rings is 1. The molecule has 0 aliphatic heterocycles. The van der Waals surface area contributed by atoms with Gasteiger partial charge >= 0.3 is 0 Å². The van der Waals surface area contributed by atoms with Crippen molar-refractivity contribution in [2.45, 2.75) is 19.8 Å². The van der Waals surface area contributed by atoms with E-state index in [4.69, 9.17) is 16.0 Å². The molecule has 0 atom stereocenters. The lowest BCUT2D eigenvalue weighted by Crippen LogP contribution is -2.12. The van der Waals surface area contributed by atoms with Gasteiger partial charge in [-0.3, -0.25) is 14.9 Å². The molecule has 0 saturated carbocycles. The van der Waals surface area contributed by atoms with Crippen molar-refractivity contribution in [2.75, 3.05) is 5.32 Å². The van der Waals surface area contributed by atoms with Crippen molar-refractivity contribution in [1.82, 2.24) is 4.98 Å². The van der Waals surface area contributed by atoms with Gasteiger partial charge in [0.2, 0.25) is 5.89 Å². The molecule has 7 nitrogen and oxygen atoms in total. The summed E-state index contributed by atoms with van der Waals surface area (Å²) in [5, 5.41) is 14.1. The Balaban J connectivity index is 1.64. The van der Waals surface area contributed by atoms with E-state index < -0.39 is 10.8 Å². The van der Waals surface area contributed by atoms with E-state index >= 15 is 0 Å². The normalized spacial score (nSPS) is 11.1. The summed E-state index contributed by atoms with van der Waals surface area (Å²) < 4.78 is 5.87. The van der Waals surface area contributed by atoms with E-state index in [1.165, 1.54) is 24.3 Å². The summed E-state index contributed by atoms with van der Waals surface area (Å²) in [6.45, 7) is 4.21. The number of aromatic nitrogens is 1. The van der Waals surface area contributed by atoms with Crippen LogP contribution < -0.4 is 5.32 Å². The molecule has 0 radical (unpaired) electrons. The fourth-order valence-electron chi connectivity index (χ4n) is 3.15. The highest BCUT2D eigenvalue weighted by Crippen LogP contribution is 2.33. The molecule has 0 unspecified atom stereocenters. The smallest absolute Gasteiger partial charge is 0.270 e. The predicted octanol–water partition coefficient (Wildman–Crippen LogP) is 6.43. The average Bonchev–Trinajstić information content (AvgIpc) is 3.18. The highest BCUT2D eigenvalue weighted by atomic mass is 35.5. The van der Waals surface area contributed by atoms with Crippen molar-refractivity contribution in [2.24, 2.45) is 0 Å². The molecular formula is C23H18ClN3O4. The van der Waals surface area contributed by atoms with Gasteiger partial charge in [-0.15, -0.1) is 0 Å². The van der Waals surface area contributed by atoms with Crippen LogP contribution in [0, 0.1) is 10.1 Å². The minimum absolute atomic E-state index is 0.156. The molecule has 1 heterocycles. The second-order valence-electron chi connectivity index (χ2n) is 7.36. The number of carbonyl (C=O) groups excluding carboxylic acids is 1. The second-order valence-corrected chi connectivity index (χ2v) is 7.76. The van der Waals surface area contributed by atoms with Crippen LogP contribution in [0.2, 0.25) is 5.02 Å². The first-order chi connectivity index (χ1) is 14.8. The number of nitrogens with one attached hydrogen (secondary N) is 1. The molecule has 8 heteroatoms. The molecule has 4 aromatic rings. The second kappa shape index (κ2) is 8.20. The predicted molar refractivity (Wildman–Crippen MR) is 120 cm³/mol. The molecule has 0 fully saturated rings. The number of nitro groups is 1. The summed E-state index contributed by atoms with van der Waals surface area (Å²) in [4.78, 5) is 27.5. The summed E-state index contributed by atoms with van der Waals surface area (Å²) >= 11 is 6.36. The molecule has 0 aliphatic rings. The molecule has 0 saturated heterocycles. The number of carbonyl (C=O) groups is 1. The molecule has 0 spiro atoms. The number of anilines is 1. The Labute approximate surface area is 182 Å². The molecule has 1 aromatic heterocycles. The van der Waals surface area contributed by atoms with Crippen molar-refractivity contribution < 1.29 is 14.1 Å². The first-order valence-corrected chi connectivity index (χ1v) is 9.96. The Morgan fingerprint density at radius 2 is 1.94 bits per heavy atom. The molecule has 31 heavy (non-hydrogen) atoms. The Hall–Kier alpha value is -3.71. The van der Waals surface area contributed by atoms with Crippen molar-refractivity contribution >= 4 is 40.0 Å². The highest BCUT2D eigenvalue weighted by Gasteiger charge is 2.16. The van der Waals surface area contributed by atoms with Crippen LogP contribution in [0.1, 0.15) is 35.7 Å². The van der Waals surface area contributed by atoms with Gasteiger partial charge in [0.15, 0.2) is 5.58 Å². The van der Waals surface area contributed by atoms with Gasteiger partial charge in [0.05, 0.1) is 15.5 Å². The van der Waals surface area contributed by atoms with Crippen LogP contribution >= 0.6 is 11.6 Å². The van der Waals surface area contributed by atoms with Crippen LogP contribution in [0.15, 0.2) is 65.1 Å². The maximum atomic E-state index is 12.6. The van der Waals surface area contributed by atoms with E-state index in [9.17, 15) is 14.9 Å². The quantitative estimate of drug-likeness (QED) is 0.287. The van der Waals surface area contributed by atoms with Gasteiger partial charge in [0, 0.05) is 23.4 Å². The highest BCUT2D eigenvalue weighted by molar-refractivity contribution is 6.33. The zero-order valence-corrected chi connectivity index (χ0v) is 17.5. The lowest BCUT2D eigenvalue weighted by molar-refractivity contribution is -0.384. The van der Waals surface area contributed by atoms with Crippen LogP contribution in [-0.4, -0.2) is 15.8 Å². The number of rotatable bonds is 5. The summed E-state index contributed by atoms with van der Waals surface area (Å²) in [5.41, 5.74) is 3.52. The van der Waals surface area contributed by atoms with Gasteiger partial charge < -0.3 is 9.73 Å². The lowest BCUT2D eigenvalue weighted by Gasteiger charge is -2.07. The summed E-state index contributed by atoms with van der Waals surface area (Å²) in [6, 6.07) is 16.3. The third kappa shape index (κ3) is 4.27. The van der Waals surface area contributed by atoms with E-state index in [0.29, 0.717) is 33.7 Å². The van der Waals surface area contributed by atoms with Gasteiger partial charge in [0.1, 0.15) is 5.52 Å². The average molecular weight is 436 g/mol. The summed E-state index contributed by atoms with van der Waals surface area (Å²) in [6.07, 6.45) is 0. The van der Waals surface area contributed by atoms with Crippen LogP contribution in [0.3, 0.4) is 0 Å². The maximum absolute atomic E-state index is 12.6. The zero-order chi connectivity index (χ0) is 22.1. The molecule has 1 amide bonds. The number of hydrogen-bond acceptors (Lipinski definition) is 5. The van der Waals surface area contributed by atoms with Gasteiger partial charge in [-0.2, -0.15) is 0 Å².